The molecule has 4 nitrogen and oxygen atoms in total. The van der Waals surface area contributed by atoms with E-state index in [1.54, 1.807) is 7.11 Å². The summed E-state index contributed by atoms with van der Waals surface area (Å²) in [5, 5.41) is 9.60. The van der Waals surface area contributed by atoms with Crippen molar-refractivity contribution in [3.8, 4) is 17.6 Å². The molecule has 0 bridgehead atoms. The van der Waals surface area contributed by atoms with E-state index < -0.39 is 0 Å². The van der Waals surface area contributed by atoms with Crippen LogP contribution in [0.1, 0.15) is 38.3 Å². The maximum Gasteiger partial charge on any atom is 0.161 e. The topological polar surface area (TPSA) is 45.5 Å². The minimum absolute atomic E-state index is 0.210. The van der Waals surface area contributed by atoms with Crippen LogP contribution in [0.15, 0.2) is 18.2 Å². The first kappa shape index (κ1) is 15.7. The second-order valence-corrected chi connectivity index (χ2v) is 5.62. The number of rotatable bonds is 5. The Hall–Kier alpha value is -1.73. The minimum Gasteiger partial charge on any atom is -0.493 e. The van der Waals surface area contributed by atoms with Gasteiger partial charge in [-0.15, -0.1) is 0 Å². The smallest absolute Gasteiger partial charge is 0.161 e. The SMILES string of the molecule is CCOc1cc(C(C#N)N2CCCC(C)C2)ccc1OC. The molecule has 0 N–H and O–H groups in total. The first-order valence-corrected chi connectivity index (χ1v) is 7.64. The lowest BCUT2D eigenvalue weighted by Crippen LogP contribution is -2.36. The molecule has 2 rings (SSSR count). The molecule has 4 heteroatoms. The van der Waals surface area contributed by atoms with E-state index in [2.05, 4.69) is 17.9 Å². The lowest BCUT2D eigenvalue weighted by molar-refractivity contribution is 0.156. The summed E-state index contributed by atoms with van der Waals surface area (Å²) in [5.74, 6) is 2.08. The molecule has 1 aromatic rings. The summed E-state index contributed by atoms with van der Waals surface area (Å²) in [7, 11) is 1.63. The zero-order valence-electron chi connectivity index (χ0n) is 13.1. The monoisotopic (exact) mass is 288 g/mol. The van der Waals surface area contributed by atoms with Gasteiger partial charge in [-0.3, -0.25) is 4.90 Å². The molecule has 0 amide bonds. The molecular formula is C17H24N2O2. The number of hydrogen-bond donors (Lipinski definition) is 0. The molecule has 0 aromatic heterocycles. The molecule has 1 aliphatic rings. The first-order chi connectivity index (χ1) is 10.2. The number of hydrogen-bond acceptors (Lipinski definition) is 4. The summed E-state index contributed by atoms with van der Waals surface area (Å²) in [4.78, 5) is 2.27. The zero-order valence-corrected chi connectivity index (χ0v) is 13.1. The van der Waals surface area contributed by atoms with E-state index in [1.165, 1.54) is 6.42 Å². The fourth-order valence-corrected chi connectivity index (χ4v) is 2.96. The molecule has 2 atom stereocenters. The van der Waals surface area contributed by atoms with E-state index in [0.717, 1.165) is 25.1 Å². The maximum absolute atomic E-state index is 9.60. The van der Waals surface area contributed by atoms with Crippen molar-refractivity contribution in [3.63, 3.8) is 0 Å². The van der Waals surface area contributed by atoms with E-state index in [9.17, 15) is 5.26 Å². The molecule has 0 radical (unpaired) electrons. The molecule has 114 valence electrons. The van der Waals surface area contributed by atoms with Gasteiger partial charge in [-0.25, -0.2) is 0 Å². The van der Waals surface area contributed by atoms with Gasteiger partial charge in [0.25, 0.3) is 0 Å². The van der Waals surface area contributed by atoms with Crippen molar-refractivity contribution in [3.05, 3.63) is 23.8 Å². The van der Waals surface area contributed by atoms with Gasteiger partial charge in [0.1, 0.15) is 6.04 Å². The molecule has 1 saturated heterocycles. The third-order valence-corrected chi connectivity index (χ3v) is 3.98. The Labute approximate surface area is 127 Å². The van der Waals surface area contributed by atoms with E-state index in [-0.39, 0.29) is 6.04 Å². The quantitative estimate of drug-likeness (QED) is 0.833. The van der Waals surface area contributed by atoms with Crippen LogP contribution >= 0.6 is 0 Å². The Bertz CT molecular complexity index is 510. The van der Waals surface area contributed by atoms with Crippen molar-refractivity contribution >= 4 is 0 Å². The van der Waals surface area contributed by atoms with Gasteiger partial charge in [-0.05, 0) is 49.9 Å². The number of piperidine rings is 1. The Balaban J connectivity index is 2.25. The van der Waals surface area contributed by atoms with Gasteiger partial charge in [-0.1, -0.05) is 13.0 Å². The van der Waals surface area contributed by atoms with Gasteiger partial charge in [-0.2, -0.15) is 5.26 Å². The highest BCUT2D eigenvalue weighted by Crippen LogP contribution is 2.33. The average Bonchev–Trinajstić information content (AvgIpc) is 2.49. The standard InChI is InChI=1S/C17H24N2O2/c1-4-21-17-10-14(7-8-16(17)20-3)15(11-18)19-9-5-6-13(2)12-19/h7-8,10,13,15H,4-6,9,12H2,1-3H3. The number of nitrogens with zero attached hydrogens (tertiary/aromatic N) is 2. The van der Waals surface area contributed by atoms with Crippen molar-refractivity contribution in [1.82, 2.24) is 4.90 Å². The number of methoxy groups -OCH3 is 1. The summed E-state index contributed by atoms with van der Waals surface area (Å²) in [5.41, 5.74) is 0.982. The Kier molecular flexibility index (Phi) is 5.46. The third kappa shape index (κ3) is 3.68. The van der Waals surface area contributed by atoms with Crippen LogP contribution in [0.25, 0.3) is 0 Å². The second-order valence-electron chi connectivity index (χ2n) is 5.62. The van der Waals surface area contributed by atoms with Gasteiger partial charge < -0.3 is 9.47 Å². The van der Waals surface area contributed by atoms with Gasteiger partial charge in [0, 0.05) is 6.54 Å². The summed E-state index contributed by atoms with van der Waals surface area (Å²) in [6.45, 7) is 6.74. The molecule has 1 fully saturated rings. The Morgan fingerprint density at radius 2 is 2.24 bits per heavy atom. The molecular weight excluding hydrogens is 264 g/mol. The lowest BCUT2D eigenvalue weighted by Gasteiger charge is -2.34. The zero-order chi connectivity index (χ0) is 15.2. The summed E-state index contributed by atoms with van der Waals surface area (Å²) in [6, 6.07) is 8.03. The Morgan fingerprint density at radius 1 is 1.43 bits per heavy atom. The van der Waals surface area contributed by atoms with Crippen LogP contribution in [0.5, 0.6) is 11.5 Å². The van der Waals surface area contributed by atoms with E-state index in [0.29, 0.717) is 24.0 Å². The van der Waals surface area contributed by atoms with Crippen LogP contribution in [0.4, 0.5) is 0 Å². The second kappa shape index (κ2) is 7.33. The highest BCUT2D eigenvalue weighted by atomic mass is 16.5. The van der Waals surface area contributed by atoms with Gasteiger partial charge >= 0.3 is 0 Å². The highest BCUT2D eigenvalue weighted by molar-refractivity contribution is 5.45. The van der Waals surface area contributed by atoms with E-state index in [1.807, 2.05) is 25.1 Å². The lowest BCUT2D eigenvalue weighted by atomic mass is 9.96. The van der Waals surface area contributed by atoms with Crippen LogP contribution in [0.3, 0.4) is 0 Å². The predicted octanol–water partition coefficient (Wildman–Crippen LogP) is 3.39. The van der Waals surface area contributed by atoms with Crippen LogP contribution in [-0.4, -0.2) is 31.7 Å². The molecule has 2 unspecified atom stereocenters. The summed E-state index contributed by atoms with van der Waals surface area (Å²) < 4.78 is 10.9. The number of likely N-dealkylation sites (tertiary alicyclic amines) is 1. The Morgan fingerprint density at radius 3 is 2.86 bits per heavy atom. The van der Waals surface area contributed by atoms with Crippen LogP contribution < -0.4 is 9.47 Å². The number of nitriles is 1. The number of benzene rings is 1. The molecule has 1 aromatic carbocycles. The third-order valence-electron chi connectivity index (χ3n) is 3.98. The van der Waals surface area contributed by atoms with Gasteiger partial charge in [0.05, 0.1) is 19.8 Å². The van der Waals surface area contributed by atoms with Crippen molar-refractivity contribution < 1.29 is 9.47 Å². The molecule has 0 aliphatic carbocycles. The van der Waals surface area contributed by atoms with Gasteiger partial charge in [0.2, 0.25) is 0 Å². The summed E-state index contributed by atoms with van der Waals surface area (Å²) in [6.07, 6.45) is 2.41. The molecule has 21 heavy (non-hydrogen) atoms. The fourth-order valence-electron chi connectivity index (χ4n) is 2.96. The van der Waals surface area contributed by atoms with Crippen molar-refractivity contribution in [2.24, 2.45) is 5.92 Å². The molecule has 0 saturated carbocycles. The largest absolute Gasteiger partial charge is 0.493 e. The highest BCUT2D eigenvalue weighted by Gasteiger charge is 2.25. The van der Waals surface area contributed by atoms with Crippen molar-refractivity contribution in [2.45, 2.75) is 32.7 Å². The van der Waals surface area contributed by atoms with Crippen LogP contribution in [-0.2, 0) is 0 Å². The number of ether oxygens (including phenoxy) is 2. The van der Waals surface area contributed by atoms with Crippen LogP contribution in [0, 0.1) is 17.2 Å². The van der Waals surface area contributed by atoms with Gasteiger partial charge in [0.15, 0.2) is 11.5 Å². The normalized spacial score (nSPS) is 20.6. The van der Waals surface area contributed by atoms with E-state index >= 15 is 0 Å². The maximum atomic E-state index is 9.60. The molecule has 0 spiro atoms. The first-order valence-electron chi connectivity index (χ1n) is 7.64. The minimum atomic E-state index is -0.210. The average molecular weight is 288 g/mol. The molecule has 1 aliphatic heterocycles. The van der Waals surface area contributed by atoms with E-state index in [4.69, 9.17) is 9.47 Å². The summed E-state index contributed by atoms with van der Waals surface area (Å²) >= 11 is 0. The van der Waals surface area contributed by atoms with Crippen molar-refractivity contribution in [1.29, 1.82) is 5.26 Å². The van der Waals surface area contributed by atoms with Crippen LogP contribution in [0.2, 0.25) is 0 Å². The van der Waals surface area contributed by atoms with Crippen molar-refractivity contribution in [2.75, 3.05) is 26.8 Å². The predicted molar refractivity (Wildman–Crippen MR) is 82.5 cm³/mol. The molecule has 1 heterocycles. The fraction of sp³-hybridized carbons (Fsp3) is 0.588.